The number of hydrogen-bond acceptors (Lipinski definition) is 13. The molecule has 0 spiro atoms. The van der Waals surface area contributed by atoms with Gasteiger partial charge in [-0.2, -0.15) is 0 Å². The van der Waals surface area contributed by atoms with Gasteiger partial charge < -0.3 is 48.6 Å². The van der Waals surface area contributed by atoms with Gasteiger partial charge in [0.1, 0.15) is 23.3 Å². The van der Waals surface area contributed by atoms with Gasteiger partial charge >= 0.3 is 6.09 Å². The molecule has 2 aliphatic carbocycles. The van der Waals surface area contributed by atoms with E-state index < -0.39 is 30.1 Å². The number of aliphatic hydroxyl groups is 3. The Morgan fingerprint density at radius 2 is 1.76 bits per heavy atom. The second kappa shape index (κ2) is 24.2. The molecule has 2 aliphatic heterocycles. The molecular weight excluding hydrogens is 813 g/mol. The van der Waals surface area contributed by atoms with Crippen LogP contribution < -0.4 is 9.47 Å². The highest BCUT2D eigenvalue weighted by molar-refractivity contribution is 7.98. The lowest BCUT2D eigenvalue weighted by atomic mass is 9.55. The number of benzene rings is 2. The van der Waals surface area contributed by atoms with Gasteiger partial charge in [0.25, 0.3) is 0 Å². The van der Waals surface area contributed by atoms with Crippen LogP contribution in [0.3, 0.4) is 0 Å². The zero-order valence-electron chi connectivity index (χ0n) is 36.2. The number of aliphatic hydroxyl groups excluding tert-OH is 3. The van der Waals surface area contributed by atoms with E-state index in [-0.39, 0.29) is 77.0 Å². The van der Waals surface area contributed by atoms with Crippen LogP contribution in [0.4, 0.5) is 4.79 Å². The highest BCUT2D eigenvalue weighted by Gasteiger charge is 2.65. The molecule has 2 aromatic carbocycles. The van der Waals surface area contributed by atoms with Crippen LogP contribution in [0, 0.1) is 17.8 Å². The Labute approximate surface area is 371 Å². The average Bonchev–Trinajstić information content (AvgIpc) is 3.29. The van der Waals surface area contributed by atoms with Crippen LogP contribution in [0.15, 0.2) is 89.5 Å². The standard InChI is InChI=1S/C48H66N2O11S/c1-4-6-27-57-47(54)50(22-29-55-30-25-53)43-33-41(49-61-44-15-9-12-28-56-44)39-31-34(13-7-10-23-51)38(14-8-11-24-52)45-40-32-36(59-35-16-19-37(62-3)20-17-35)18-21-42(40)60-48(43,46(39)45)58-26-5-2/h4-5,16-21,31-32,34,38,43-46,51-53H,1-2,6-15,22-30,33H2,3H3/t34-,38+,43-,44?,45+,46+,48+/m0/s1. The zero-order chi connectivity index (χ0) is 43.7. The molecule has 2 heterocycles. The summed E-state index contributed by atoms with van der Waals surface area (Å²) in [5, 5.41) is 34.4. The van der Waals surface area contributed by atoms with Crippen molar-refractivity contribution in [1.82, 2.24) is 4.90 Å². The molecule has 14 heteroatoms. The van der Waals surface area contributed by atoms with Crippen LogP contribution >= 0.6 is 11.8 Å². The molecule has 3 N–H and O–H groups in total. The monoisotopic (exact) mass is 878 g/mol. The number of nitrogens with zero attached hydrogens (tertiary/aromatic N) is 2. The first kappa shape index (κ1) is 47.6. The lowest BCUT2D eigenvalue weighted by Crippen LogP contribution is -2.70. The molecule has 4 aliphatic rings. The number of hydrogen-bond donors (Lipinski definition) is 3. The number of thioether (sulfide) groups is 1. The maximum absolute atomic E-state index is 14.4. The summed E-state index contributed by atoms with van der Waals surface area (Å²) in [6, 6.07) is 13.1. The SMILES string of the molecule is C=CCCOC(=O)N(CCOCCO)[C@H]1CC(=NOC2CCCCO2)C2=C[C@H](CCCCO)[C@@H](CCCCO)[C@@H]3c4cc(Oc5ccc(SC)cc5)ccc4O[C@@]1(OCC=C)[C@H]23. The van der Waals surface area contributed by atoms with Crippen molar-refractivity contribution in [3.8, 4) is 17.2 Å². The molecule has 2 fully saturated rings. The topological polar surface area (TPSA) is 158 Å². The summed E-state index contributed by atoms with van der Waals surface area (Å²) < 4.78 is 38.6. The maximum Gasteiger partial charge on any atom is 0.410 e. The maximum atomic E-state index is 14.4. The van der Waals surface area contributed by atoms with E-state index in [0.717, 1.165) is 54.6 Å². The van der Waals surface area contributed by atoms with Crippen molar-refractivity contribution in [3.05, 3.63) is 85.0 Å². The van der Waals surface area contributed by atoms with Crippen LogP contribution in [-0.2, 0) is 23.8 Å². The van der Waals surface area contributed by atoms with Gasteiger partial charge in [-0.3, -0.25) is 4.90 Å². The van der Waals surface area contributed by atoms with E-state index in [1.165, 1.54) is 0 Å². The fraction of sp³-hybridized carbons (Fsp3) is 0.583. The van der Waals surface area contributed by atoms with Crippen LogP contribution in [0.25, 0.3) is 0 Å². The van der Waals surface area contributed by atoms with E-state index >= 15 is 0 Å². The average molecular weight is 879 g/mol. The Hall–Kier alpha value is -3.89. The van der Waals surface area contributed by atoms with Gasteiger partial charge in [0, 0.05) is 49.0 Å². The smallest absolute Gasteiger partial charge is 0.410 e. The number of allylic oxidation sites excluding steroid dienone is 1. The summed E-state index contributed by atoms with van der Waals surface area (Å²) in [5.41, 5.74) is 2.52. The number of rotatable bonds is 25. The van der Waals surface area contributed by atoms with E-state index in [1.54, 1.807) is 28.8 Å². The molecule has 7 atom stereocenters. The van der Waals surface area contributed by atoms with E-state index in [9.17, 15) is 20.1 Å². The van der Waals surface area contributed by atoms with Crippen LogP contribution in [0.2, 0.25) is 0 Å². The minimum absolute atomic E-state index is 0.0305. The second-order valence-electron chi connectivity index (χ2n) is 16.2. The van der Waals surface area contributed by atoms with Gasteiger partial charge in [-0.25, -0.2) is 4.79 Å². The van der Waals surface area contributed by atoms with Gasteiger partial charge in [0.05, 0.1) is 51.3 Å². The van der Waals surface area contributed by atoms with Crippen molar-refractivity contribution < 1.29 is 53.4 Å². The molecule has 0 aromatic heterocycles. The van der Waals surface area contributed by atoms with Gasteiger partial charge in [0.2, 0.25) is 12.1 Å². The fourth-order valence-electron chi connectivity index (χ4n) is 9.42. The molecule has 62 heavy (non-hydrogen) atoms. The minimum atomic E-state index is -1.48. The first-order chi connectivity index (χ1) is 30.4. The Balaban J connectivity index is 1.56. The normalized spacial score (nSPS) is 25.7. The van der Waals surface area contributed by atoms with Gasteiger partial charge in [-0.1, -0.05) is 36.2 Å². The first-order valence-corrected chi connectivity index (χ1v) is 23.5. The van der Waals surface area contributed by atoms with Crippen molar-refractivity contribution in [3.63, 3.8) is 0 Å². The molecule has 6 rings (SSSR count). The number of fused-ring (bicyclic) bond motifs is 2. The van der Waals surface area contributed by atoms with Crippen LogP contribution in [0.5, 0.6) is 17.2 Å². The third-order valence-electron chi connectivity index (χ3n) is 12.2. The molecule has 1 saturated heterocycles. The van der Waals surface area contributed by atoms with Crippen molar-refractivity contribution in [2.45, 2.75) is 99.6 Å². The number of oxime groups is 1. The van der Waals surface area contributed by atoms with Crippen LogP contribution in [0.1, 0.15) is 82.1 Å². The number of amides is 1. The van der Waals surface area contributed by atoms with E-state index in [2.05, 4.69) is 25.3 Å². The molecule has 2 aromatic rings. The highest BCUT2D eigenvalue weighted by Crippen LogP contribution is 2.62. The molecular formula is C48H66N2O11S. The largest absolute Gasteiger partial charge is 0.459 e. The predicted octanol–water partition coefficient (Wildman–Crippen LogP) is 8.38. The summed E-state index contributed by atoms with van der Waals surface area (Å²) in [7, 11) is 0. The summed E-state index contributed by atoms with van der Waals surface area (Å²) in [6.45, 7) is 8.99. The second-order valence-corrected chi connectivity index (χ2v) is 17.1. The summed E-state index contributed by atoms with van der Waals surface area (Å²) in [5.74, 6) is -0.188. The Bertz CT molecular complexity index is 1800. The minimum Gasteiger partial charge on any atom is -0.459 e. The van der Waals surface area contributed by atoms with Crippen molar-refractivity contribution >= 4 is 23.6 Å². The number of unbranched alkanes of at least 4 members (excludes halogenated alkanes) is 2. The number of carbonyl (C=O) groups excluding carboxylic acids is 1. The molecule has 1 amide bonds. The van der Waals surface area contributed by atoms with Crippen molar-refractivity contribution in [1.29, 1.82) is 0 Å². The third kappa shape index (κ3) is 11.6. The first-order valence-electron chi connectivity index (χ1n) is 22.3. The van der Waals surface area contributed by atoms with Crippen LogP contribution in [-0.4, -0.2) is 116 Å². The Morgan fingerprint density at radius 1 is 0.968 bits per heavy atom. The molecule has 1 unspecified atom stereocenters. The predicted molar refractivity (Wildman–Crippen MR) is 239 cm³/mol. The lowest BCUT2D eigenvalue weighted by Gasteiger charge is -2.59. The number of carbonyl (C=O) groups is 1. The summed E-state index contributed by atoms with van der Waals surface area (Å²) >= 11 is 1.67. The number of ether oxygens (including phenoxy) is 6. The van der Waals surface area contributed by atoms with Gasteiger partial charge in [-0.05, 0) is 111 Å². The third-order valence-corrected chi connectivity index (χ3v) is 13.0. The molecule has 0 bridgehead atoms. The zero-order valence-corrected chi connectivity index (χ0v) is 37.0. The lowest BCUT2D eigenvalue weighted by molar-refractivity contribution is -0.256. The van der Waals surface area contributed by atoms with Crippen molar-refractivity contribution in [2.75, 3.05) is 65.7 Å². The summed E-state index contributed by atoms with van der Waals surface area (Å²) in [4.78, 5) is 23.4. The van der Waals surface area contributed by atoms with E-state index in [1.807, 2.05) is 42.7 Å². The fourth-order valence-corrected chi connectivity index (χ4v) is 9.83. The van der Waals surface area contributed by atoms with E-state index in [4.69, 9.17) is 38.4 Å². The van der Waals surface area contributed by atoms with E-state index in [0.29, 0.717) is 55.3 Å². The molecule has 340 valence electrons. The van der Waals surface area contributed by atoms with Gasteiger partial charge in [-0.15, -0.1) is 24.9 Å². The highest BCUT2D eigenvalue weighted by atomic mass is 32.2. The molecule has 0 radical (unpaired) electrons. The Morgan fingerprint density at radius 3 is 2.47 bits per heavy atom. The summed E-state index contributed by atoms with van der Waals surface area (Å²) in [6.07, 6.45) is 14.5. The molecule has 13 nitrogen and oxygen atoms in total. The molecule has 1 saturated carbocycles. The quantitative estimate of drug-likeness (QED) is 0.0379. The van der Waals surface area contributed by atoms with Crippen molar-refractivity contribution in [2.24, 2.45) is 22.9 Å². The van der Waals surface area contributed by atoms with Gasteiger partial charge in [0.15, 0.2) is 0 Å². The Kier molecular flexibility index (Phi) is 18.6.